The van der Waals surface area contributed by atoms with Crippen molar-refractivity contribution < 1.29 is 4.79 Å². The maximum absolute atomic E-state index is 12.3. The predicted octanol–water partition coefficient (Wildman–Crippen LogP) is 2.26. The Balaban J connectivity index is 2.03. The van der Waals surface area contributed by atoms with Crippen LogP contribution < -0.4 is 11.1 Å². The number of amides is 1. The van der Waals surface area contributed by atoms with Crippen molar-refractivity contribution >= 4 is 11.6 Å². The van der Waals surface area contributed by atoms with Crippen LogP contribution in [0.2, 0.25) is 0 Å². The van der Waals surface area contributed by atoms with Crippen molar-refractivity contribution in [2.75, 3.05) is 26.4 Å². The summed E-state index contributed by atoms with van der Waals surface area (Å²) in [7, 11) is 4.21. The Morgan fingerprint density at radius 2 is 1.90 bits per heavy atom. The second kappa shape index (κ2) is 6.27. The molecule has 0 unspecified atom stereocenters. The van der Waals surface area contributed by atoms with Crippen LogP contribution in [-0.4, -0.2) is 37.0 Å². The van der Waals surface area contributed by atoms with Gasteiger partial charge in [-0.15, -0.1) is 0 Å². The van der Waals surface area contributed by atoms with Crippen LogP contribution in [0.15, 0.2) is 24.3 Å². The van der Waals surface area contributed by atoms with Crippen molar-refractivity contribution in [2.45, 2.75) is 37.6 Å². The fraction of sp³-hybridized carbons (Fsp3) is 0.562. The molecule has 1 aliphatic carbocycles. The predicted molar refractivity (Wildman–Crippen MR) is 82.7 cm³/mol. The van der Waals surface area contributed by atoms with Crippen molar-refractivity contribution in [2.24, 2.45) is 0 Å². The molecule has 110 valence electrons. The largest absolute Gasteiger partial charge is 0.398 e. The average molecular weight is 275 g/mol. The molecule has 2 rings (SSSR count). The molecule has 3 N–H and O–H groups in total. The van der Waals surface area contributed by atoms with Gasteiger partial charge in [0.05, 0.1) is 5.56 Å². The topological polar surface area (TPSA) is 58.4 Å². The first-order chi connectivity index (χ1) is 9.55. The normalized spacial score (nSPS) is 17.9. The highest BCUT2D eigenvalue weighted by Gasteiger charge is 2.34. The van der Waals surface area contributed by atoms with E-state index in [0.717, 1.165) is 12.8 Å². The second-order valence-corrected chi connectivity index (χ2v) is 5.95. The summed E-state index contributed by atoms with van der Waals surface area (Å²) < 4.78 is 0. The van der Waals surface area contributed by atoms with Crippen LogP contribution in [0.5, 0.6) is 0 Å². The number of hydrogen-bond acceptors (Lipinski definition) is 3. The lowest BCUT2D eigenvalue weighted by Crippen LogP contribution is -2.53. The Kier molecular flexibility index (Phi) is 4.65. The molecule has 1 saturated carbocycles. The molecule has 4 heteroatoms. The average Bonchev–Trinajstić information content (AvgIpc) is 2.46. The highest BCUT2D eigenvalue weighted by atomic mass is 16.1. The Labute approximate surface area is 121 Å². The molecule has 1 aromatic carbocycles. The second-order valence-electron chi connectivity index (χ2n) is 5.95. The molecule has 1 amide bonds. The molecular formula is C16H25N3O. The highest BCUT2D eigenvalue weighted by molar-refractivity contribution is 5.99. The third kappa shape index (κ3) is 3.12. The summed E-state index contributed by atoms with van der Waals surface area (Å²) in [5.74, 6) is -0.0742. The van der Waals surface area contributed by atoms with E-state index in [1.165, 1.54) is 19.3 Å². The number of nitrogens with two attached hydrogens (primary N) is 1. The molecule has 0 bridgehead atoms. The van der Waals surface area contributed by atoms with E-state index in [9.17, 15) is 4.79 Å². The molecule has 1 fully saturated rings. The molecular weight excluding hydrogens is 250 g/mol. The zero-order valence-electron chi connectivity index (χ0n) is 12.5. The Bertz CT molecular complexity index is 465. The molecule has 0 heterocycles. The van der Waals surface area contributed by atoms with Crippen LogP contribution in [0.25, 0.3) is 0 Å². The van der Waals surface area contributed by atoms with Gasteiger partial charge in [0.15, 0.2) is 0 Å². The number of carbonyl (C=O) groups is 1. The summed E-state index contributed by atoms with van der Waals surface area (Å²) in [6.07, 6.45) is 6.06. The SMILES string of the molecule is CN(C)C1(CNC(=O)c2ccccc2N)CCCCC1. The zero-order valence-corrected chi connectivity index (χ0v) is 12.5. The standard InChI is InChI=1S/C16H25N3O/c1-19(2)16(10-6-3-7-11-16)12-18-15(20)13-8-4-5-9-14(13)17/h4-5,8-9H,3,6-7,10-12,17H2,1-2H3,(H,18,20). The van der Waals surface area contributed by atoms with Crippen LogP contribution in [-0.2, 0) is 0 Å². The Morgan fingerprint density at radius 1 is 1.25 bits per heavy atom. The van der Waals surface area contributed by atoms with Gasteiger partial charge in [0.25, 0.3) is 5.91 Å². The molecule has 0 spiro atoms. The van der Waals surface area contributed by atoms with Gasteiger partial charge < -0.3 is 16.0 Å². The van der Waals surface area contributed by atoms with Gasteiger partial charge in [0.1, 0.15) is 0 Å². The van der Waals surface area contributed by atoms with E-state index in [0.29, 0.717) is 17.8 Å². The fourth-order valence-corrected chi connectivity index (χ4v) is 3.04. The molecule has 0 radical (unpaired) electrons. The van der Waals surface area contributed by atoms with Gasteiger partial charge in [-0.1, -0.05) is 31.4 Å². The van der Waals surface area contributed by atoms with Gasteiger partial charge in [-0.25, -0.2) is 0 Å². The maximum Gasteiger partial charge on any atom is 0.253 e. The molecule has 1 aromatic rings. The number of nitrogens with one attached hydrogen (secondary N) is 1. The van der Waals surface area contributed by atoms with Gasteiger partial charge in [-0.2, -0.15) is 0 Å². The number of nitrogens with zero attached hydrogens (tertiary/aromatic N) is 1. The van der Waals surface area contributed by atoms with E-state index in [4.69, 9.17) is 5.73 Å². The molecule has 0 saturated heterocycles. The lowest BCUT2D eigenvalue weighted by atomic mass is 9.80. The molecule has 4 nitrogen and oxygen atoms in total. The summed E-state index contributed by atoms with van der Waals surface area (Å²) in [5.41, 5.74) is 7.05. The monoisotopic (exact) mass is 275 g/mol. The fourth-order valence-electron chi connectivity index (χ4n) is 3.04. The Hall–Kier alpha value is -1.55. The third-order valence-corrected chi connectivity index (χ3v) is 4.52. The van der Waals surface area contributed by atoms with Crippen molar-refractivity contribution in [3.05, 3.63) is 29.8 Å². The van der Waals surface area contributed by atoms with Gasteiger partial charge >= 0.3 is 0 Å². The number of nitrogen functional groups attached to an aromatic ring is 1. The van der Waals surface area contributed by atoms with Crippen LogP contribution in [0, 0.1) is 0 Å². The zero-order chi connectivity index (χ0) is 14.6. The number of rotatable bonds is 4. The van der Waals surface area contributed by atoms with Crippen molar-refractivity contribution in [1.82, 2.24) is 10.2 Å². The third-order valence-electron chi connectivity index (χ3n) is 4.52. The van der Waals surface area contributed by atoms with Gasteiger partial charge in [0, 0.05) is 17.8 Å². The van der Waals surface area contributed by atoms with Crippen LogP contribution >= 0.6 is 0 Å². The van der Waals surface area contributed by atoms with E-state index in [2.05, 4.69) is 24.3 Å². The summed E-state index contributed by atoms with van der Waals surface area (Å²) in [4.78, 5) is 14.5. The van der Waals surface area contributed by atoms with Crippen LogP contribution in [0.1, 0.15) is 42.5 Å². The van der Waals surface area contributed by atoms with E-state index < -0.39 is 0 Å². The first-order valence-corrected chi connectivity index (χ1v) is 7.35. The highest BCUT2D eigenvalue weighted by Crippen LogP contribution is 2.31. The van der Waals surface area contributed by atoms with E-state index in [-0.39, 0.29) is 11.4 Å². The minimum atomic E-state index is -0.0742. The van der Waals surface area contributed by atoms with Crippen molar-refractivity contribution in [3.63, 3.8) is 0 Å². The number of anilines is 1. The first-order valence-electron chi connectivity index (χ1n) is 7.35. The number of benzene rings is 1. The maximum atomic E-state index is 12.3. The lowest BCUT2D eigenvalue weighted by molar-refractivity contribution is 0.0800. The van der Waals surface area contributed by atoms with Crippen LogP contribution in [0.4, 0.5) is 5.69 Å². The molecule has 0 aromatic heterocycles. The van der Waals surface area contributed by atoms with Crippen molar-refractivity contribution in [1.29, 1.82) is 0 Å². The summed E-state index contributed by atoms with van der Waals surface area (Å²) in [5, 5.41) is 3.07. The minimum Gasteiger partial charge on any atom is -0.398 e. The molecule has 0 atom stereocenters. The van der Waals surface area contributed by atoms with Gasteiger partial charge in [-0.05, 0) is 39.1 Å². The summed E-state index contributed by atoms with van der Waals surface area (Å²) >= 11 is 0. The van der Waals surface area contributed by atoms with Crippen molar-refractivity contribution in [3.8, 4) is 0 Å². The smallest absolute Gasteiger partial charge is 0.253 e. The van der Waals surface area contributed by atoms with Gasteiger partial charge in [0.2, 0.25) is 0 Å². The van der Waals surface area contributed by atoms with Gasteiger partial charge in [-0.3, -0.25) is 4.79 Å². The summed E-state index contributed by atoms with van der Waals surface area (Å²) in [6, 6.07) is 7.22. The van der Waals surface area contributed by atoms with E-state index in [1.54, 1.807) is 12.1 Å². The molecule has 20 heavy (non-hydrogen) atoms. The first kappa shape index (κ1) is 14.9. The molecule has 1 aliphatic rings. The lowest BCUT2D eigenvalue weighted by Gasteiger charge is -2.43. The number of carbonyl (C=O) groups excluding carboxylic acids is 1. The number of likely N-dealkylation sites (N-methyl/N-ethyl adjacent to an activating group) is 1. The number of para-hydroxylation sites is 1. The van der Waals surface area contributed by atoms with E-state index in [1.807, 2.05) is 12.1 Å². The minimum absolute atomic E-state index is 0.0742. The number of hydrogen-bond donors (Lipinski definition) is 2. The Morgan fingerprint density at radius 3 is 2.50 bits per heavy atom. The molecule has 0 aliphatic heterocycles. The quantitative estimate of drug-likeness (QED) is 0.829. The summed E-state index contributed by atoms with van der Waals surface area (Å²) in [6.45, 7) is 0.688. The van der Waals surface area contributed by atoms with Crippen LogP contribution in [0.3, 0.4) is 0 Å². The van der Waals surface area contributed by atoms with E-state index >= 15 is 0 Å².